The highest BCUT2D eigenvalue weighted by Crippen LogP contribution is 2.31. The minimum atomic E-state index is -0.501. The zero-order valence-electron chi connectivity index (χ0n) is 12.1. The molecule has 0 unspecified atom stereocenters. The molecule has 0 atom stereocenters. The van der Waals surface area contributed by atoms with Gasteiger partial charge in [0.25, 0.3) is 11.6 Å². The van der Waals surface area contributed by atoms with Crippen molar-refractivity contribution in [3.63, 3.8) is 0 Å². The van der Waals surface area contributed by atoms with Crippen LogP contribution >= 0.6 is 27.7 Å². The van der Waals surface area contributed by atoms with Crippen molar-refractivity contribution in [3.05, 3.63) is 73.6 Å². The number of halogens is 1. The van der Waals surface area contributed by atoms with E-state index in [4.69, 9.17) is 0 Å². The van der Waals surface area contributed by atoms with Crippen LogP contribution in [0.3, 0.4) is 0 Å². The number of nitro groups is 1. The molecule has 3 rings (SSSR count). The number of nitro benzene ring substituents is 1. The second-order valence-electron chi connectivity index (χ2n) is 4.78. The average Bonchev–Trinajstić information content (AvgIpc) is 2.89. The van der Waals surface area contributed by atoms with Crippen LogP contribution in [0.5, 0.6) is 0 Å². The molecular formula is C16H10BrN3O3S. The lowest BCUT2D eigenvalue weighted by atomic mass is 10.2. The monoisotopic (exact) mass is 403 g/mol. The van der Waals surface area contributed by atoms with Crippen molar-refractivity contribution < 1.29 is 9.72 Å². The largest absolute Gasteiger partial charge is 0.300 e. The highest BCUT2D eigenvalue weighted by Gasteiger charge is 2.25. The molecule has 1 fully saturated rings. The van der Waals surface area contributed by atoms with Crippen LogP contribution < -0.4 is 5.32 Å². The van der Waals surface area contributed by atoms with Gasteiger partial charge in [-0.15, -0.1) is 0 Å². The van der Waals surface area contributed by atoms with Crippen molar-refractivity contribution in [2.45, 2.75) is 0 Å². The van der Waals surface area contributed by atoms with Crippen molar-refractivity contribution in [2.24, 2.45) is 4.99 Å². The van der Waals surface area contributed by atoms with Crippen LogP contribution in [-0.2, 0) is 4.79 Å². The molecule has 0 aliphatic carbocycles. The first-order valence-corrected chi connectivity index (χ1v) is 8.42. The summed E-state index contributed by atoms with van der Waals surface area (Å²) in [5.74, 6) is -0.278. The Bertz CT molecular complexity index is 878. The van der Waals surface area contributed by atoms with Gasteiger partial charge in [0.2, 0.25) is 0 Å². The summed E-state index contributed by atoms with van der Waals surface area (Å²) in [6.45, 7) is 0. The molecule has 24 heavy (non-hydrogen) atoms. The number of aliphatic imine (C=N–C) groups is 1. The molecule has 120 valence electrons. The summed E-state index contributed by atoms with van der Waals surface area (Å²) in [6.07, 6.45) is 1.74. The van der Waals surface area contributed by atoms with Gasteiger partial charge >= 0.3 is 0 Å². The van der Waals surface area contributed by atoms with E-state index in [1.165, 1.54) is 12.1 Å². The highest BCUT2D eigenvalue weighted by atomic mass is 79.9. The second kappa shape index (κ2) is 6.98. The maximum Gasteiger partial charge on any atom is 0.294 e. The van der Waals surface area contributed by atoms with Gasteiger partial charge in [-0.25, -0.2) is 4.99 Å². The van der Waals surface area contributed by atoms with Crippen LogP contribution in [0.15, 0.2) is 62.9 Å². The van der Waals surface area contributed by atoms with Crippen LogP contribution in [0.1, 0.15) is 5.56 Å². The fourth-order valence-electron chi connectivity index (χ4n) is 2.01. The number of thioether (sulfide) groups is 1. The fraction of sp³-hybridized carbons (Fsp3) is 0. The van der Waals surface area contributed by atoms with E-state index >= 15 is 0 Å². The number of para-hydroxylation sites is 2. The van der Waals surface area contributed by atoms with Crippen LogP contribution in [0.25, 0.3) is 6.08 Å². The minimum Gasteiger partial charge on any atom is -0.300 e. The smallest absolute Gasteiger partial charge is 0.294 e. The Kier molecular flexibility index (Phi) is 4.77. The number of carbonyl (C=O) groups excluding carboxylic acids is 1. The molecule has 0 spiro atoms. The van der Waals surface area contributed by atoms with Crippen LogP contribution in [-0.4, -0.2) is 16.0 Å². The molecule has 0 bridgehead atoms. The zero-order chi connectivity index (χ0) is 17.1. The SMILES string of the molecule is O=C1NC(=Nc2ccccc2[N+](=O)[O-])S/C1=C\c1ccc(Br)cc1. The summed E-state index contributed by atoms with van der Waals surface area (Å²) < 4.78 is 0.951. The van der Waals surface area contributed by atoms with E-state index in [-0.39, 0.29) is 17.3 Å². The zero-order valence-corrected chi connectivity index (χ0v) is 14.5. The number of hydrogen-bond acceptors (Lipinski definition) is 5. The molecule has 0 aromatic heterocycles. The third-order valence-electron chi connectivity index (χ3n) is 3.12. The van der Waals surface area contributed by atoms with Crippen LogP contribution in [0.2, 0.25) is 0 Å². The van der Waals surface area contributed by atoms with Crippen molar-refractivity contribution >= 4 is 56.2 Å². The van der Waals surface area contributed by atoms with Crippen molar-refractivity contribution in [1.82, 2.24) is 5.32 Å². The van der Waals surface area contributed by atoms with E-state index in [2.05, 4.69) is 26.2 Å². The topological polar surface area (TPSA) is 84.6 Å². The molecule has 0 radical (unpaired) electrons. The first-order chi connectivity index (χ1) is 11.5. The Labute approximate surface area is 150 Å². The maximum absolute atomic E-state index is 12.0. The number of benzene rings is 2. The second-order valence-corrected chi connectivity index (χ2v) is 6.73. The Hall–Kier alpha value is -2.45. The van der Waals surface area contributed by atoms with Gasteiger partial charge < -0.3 is 5.32 Å². The Balaban J connectivity index is 1.87. The number of carbonyl (C=O) groups is 1. The van der Waals surface area contributed by atoms with E-state index in [0.717, 1.165) is 21.8 Å². The molecule has 1 heterocycles. The summed E-state index contributed by atoms with van der Waals surface area (Å²) in [4.78, 5) is 27.2. The van der Waals surface area contributed by atoms with Gasteiger partial charge in [0, 0.05) is 10.5 Å². The van der Waals surface area contributed by atoms with E-state index in [0.29, 0.717) is 10.1 Å². The Morgan fingerprint density at radius 1 is 1.17 bits per heavy atom. The standard InChI is InChI=1S/C16H10BrN3O3S/c17-11-7-5-10(6-8-11)9-14-15(21)19-16(24-14)18-12-3-1-2-4-13(12)20(22)23/h1-9H,(H,18,19,21)/b14-9-. The molecule has 2 aromatic carbocycles. The summed E-state index contributed by atoms with van der Waals surface area (Å²) in [6, 6.07) is 13.7. The summed E-state index contributed by atoms with van der Waals surface area (Å²) in [5.41, 5.74) is 0.975. The average molecular weight is 404 g/mol. The summed E-state index contributed by atoms with van der Waals surface area (Å²) in [7, 11) is 0. The fourth-order valence-corrected chi connectivity index (χ4v) is 3.11. The number of amidine groups is 1. The normalized spacial score (nSPS) is 17.3. The van der Waals surface area contributed by atoms with E-state index in [9.17, 15) is 14.9 Å². The van der Waals surface area contributed by atoms with Gasteiger partial charge in [0.05, 0.1) is 9.83 Å². The molecule has 1 amide bonds. The Morgan fingerprint density at radius 2 is 1.88 bits per heavy atom. The van der Waals surface area contributed by atoms with Crippen LogP contribution in [0.4, 0.5) is 11.4 Å². The van der Waals surface area contributed by atoms with Crippen LogP contribution in [0, 0.1) is 10.1 Å². The van der Waals surface area contributed by atoms with E-state index < -0.39 is 4.92 Å². The number of rotatable bonds is 3. The molecule has 0 saturated carbocycles. The third-order valence-corrected chi connectivity index (χ3v) is 4.56. The molecule has 1 aliphatic heterocycles. The lowest BCUT2D eigenvalue weighted by molar-refractivity contribution is -0.384. The van der Waals surface area contributed by atoms with Crippen molar-refractivity contribution in [2.75, 3.05) is 0 Å². The van der Waals surface area contributed by atoms with Gasteiger partial charge in [-0.05, 0) is 41.6 Å². The van der Waals surface area contributed by atoms with Crippen molar-refractivity contribution in [1.29, 1.82) is 0 Å². The summed E-state index contributed by atoms with van der Waals surface area (Å²) >= 11 is 4.50. The third kappa shape index (κ3) is 3.72. The molecule has 1 aliphatic rings. The van der Waals surface area contributed by atoms with E-state index in [1.807, 2.05) is 24.3 Å². The van der Waals surface area contributed by atoms with Gasteiger partial charge in [0.1, 0.15) is 5.69 Å². The molecule has 6 nitrogen and oxygen atoms in total. The molecule has 1 saturated heterocycles. The first-order valence-electron chi connectivity index (χ1n) is 6.81. The quantitative estimate of drug-likeness (QED) is 0.471. The maximum atomic E-state index is 12.0. The Morgan fingerprint density at radius 3 is 2.58 bits per heavy atom. The molecule has 1 N–H and O–H groups in total. The molecule has 2 aromatic rings. The van der Waals surface area contributed by atoms with Gasteiger partial charge in [0.15, 0.2) is 5.17 Å². The number of hydrogen-bond donors (Lipinski definition) is 1. The van der Waals surface area contributed by atoms with E-state index in [1.54, 1.807) is 18.2 Å². The van der Waals surface area contributed by atoms with Gasteiger partial charge in [-0.3, -0.25) is 14.9 Å². The molecule has 8 heteroatoms. The highest BCUT2D eigenvalue weighted by molar-refractivity contribution is 9.10. The molecular weight excluding hydrogens is 394 g/mol. The lowest BCUT2D eigenvalue weighted by Gasteiger charge is -1.98. The number of nitrogens with zero attached hydrogens (tertiary/aromatic N) is 2. The minimum absolute atomic E-state index is 0.106. The number of nitrogens with one attached hydrogen (secondary N) is 1. The lowest BCUT2D eigenvalue weighted by Crippen LogP contribution is -2.19. The predicted octanol–water partition coefficient (Wildman–Crippen LogP) is 4.25. The predicted molar refractivity (Wildman–Crippen MR) is 98.0 cm³/mol. The van der Waals surface area contributed by atoms with Gasteiger partial charge in [-0.1, -0.05) is 40.2 Å². The number of amides is 1. The first kappa shape index (κ1) is 16.4. The van der Waals surface area contributed by atoms with Crippen molar-refractivity contribution in [3.8, 4) is 0 Å². The summed E-state index contributed by atoms with van der Waals surface area (Å²) in [5, 5.41) is 14.0. The van der Waals surface area contributed by atoms with Gasteiger partial charge in [-0.2, -0.15) is 0 Å².